The number of aromatic hydroxyl groups is 1. The number of hydrogen-bond acceptors (Lipinski definition) is 11. The predicted octanol–water partition coefficient (Wildman–Crippen LogP) is 10.6. The van der Waals surface area contributed by atoms with Crippen molar-refractivity contribution in [3.8, 4) is 17.2 Å². The molecule has 6 aromatic carbocycles. The number of nitrogens with zero attached hydrogens (tertiary/aromatic N) is 6. The van der Waals surface area contributed by atoms with E-state index in [2.05, 4.69) is 48.9 Å². The molecule has 0 spiro atoms. The van der Waals surface area contributed by atoms with Gasteiger partial charge in [0, 0.05) is 28.6 Å². The summed E-state index contributed by atoms with van der Waals surface area (Å²) in [5.41, 5.74) is 5.69. The molecule has 11 nitrogen and oxygen atoms in total. The third-order valence-corrected chi connectivity index (χ3v) is 8.24. The zero-order valence-corrected chi connectivity index (χ0v) is 28.1. The second kappa shape index (κ2) is 16.4. The minimum absolute atomic E-state index is 0.0152. The molecule has 0 radical (unpaired) electrons. The van der Waals surface area contributed by atoms with Gasteiger partial charge in [0.1, 0.15) is 28.6 Å². The van der Waals surface area contributed by atoms with E-state index in [0.29, 0.717) is 56.4 Å². The lowest BCUT2D eigenvalue weighted by Gasteiger charge is -2.10. The van der Waals surface area contributed by atoms with Crippen molar-refractivity contribution in [1.29, 1.82) is 0 Å². The van der Waals surface area contributed by atoms with Crippen LogP contribution in [0.5, 0.6) is 17.2 Å². The first-order chi connectivity index (χ1) is 25.0. The summed E-state index contributed by atoms with van der Waals surface area (Å²) in [7, 11) is 2.97. The van der Waals surface area contributed by atoms with Gasteiger partial charge in [-0.2, -0.15) is 10.2 Å². The van der Waals surface area contributed by atoms with Crippen LogP contribution < -0.4 is 9.47 Å². The molecule has 0 saturated heterocycles. The fourth-order valence-corrected chi connectivity index (χ4v) is 5.47. The highest BCUT2D eigenvalue weighted by Gasteiger charge is 2.14. The second-order valence-electron chi connectivity index (χ2n) is 11.5. The molecule has 0 unspecified atom stereocenters. The van der Waals surface area contributed by atoms with Gasteiger partial charge in [0.05, 0.1) is 44.5 Å². The Labute approximate surface area is 294 Å². The molecule has 0 aromatic heterocycles. The lowest BCUT2D eigenvalue weighted by atomic mass is 10.0. The highest BCUT2D eigenvalue weighted by molar-refractivity contribution is 5.92. The highest BCUT2D eigenvalue weighted by atomic mass is 16.5. The first-order valence-corrected chi connectivity index (χ1v) is 16.2. The van der Waals surface area contributed by atoms with Gasteiger partial charge in [0.15, 0.2) is 5.75 Å². The number of phenols is 1. The van der Waals surface area contributed by atoms with Gasteiger partial charge in [-0.05, 0) is 59.7 Å². The minimum Gasteiger partial charge on any atom is -0.505 e. The van der Waals surface area contributed by atoms with E-state index >= 15 is 0 Å². The van der Waals surface area contributed by atoms with Gasteiger partial charge < -0.3 is 24.8 Å². The van der Waals surface area contributed by atoms with E-state index < -0.39 is 0 Å². The van der Waals surface area contributed by atoms with Gasteiger partial charge in [-0.25, -0.2) is 0 Å². The van der Waals surface area contributed by atoms with Gasteiger partial charge in [0.2, 0.25) is 0 Å². The summed E-state index contributed by atoms with van der Waals surface area (Å²) in [6.07, 6.45) is 1.81. The molecule has 0 fully saturated rings. The molecule has 0 atom stereocenters. The largest absolute Gasteiger partial charge is 0.505 e. The fourth-order valence-electron chi connectivity index (χ4n) is 5.47. The molecule has 0 bridgehead atoms. The van der Waals surface area contributed by atoms with Crippen molar-refractivity contribution in [2.75, 3.05) is 14.2 Å². The van der Waals surface area contributed by atoms with E-state index in [0.717, 1.165) is 18.2 Å². The van der Waals surface area contributed by atoms with Gasteiger partial charge >= 0.3 is 0 Å². The maximum absolute atomic E-state index is 11.1. The van der Waals surface area contributed by atoms with Gasteiger partial charge in [-0.3, -0.25) is 0 Å². The SMILES string of the molecule is COc1cc(N=Nc2ccccc2)c(CO)cc1N=Nc1cc(OC)c(N=Nc2ccc3cc(CCc4ccccc4)ccc3c2O)cc1CO. The Hall–Kier alpha value is -6.30. The zero-order chi connectivity index (χ0) is 35.6. The third kappa shape index (κ3) is 8.30. The maximum Gasteiger partial charge on any atom is 0.150 e. The van der Waals surface area contributed by atoms with E-state index in [-0.39, 0.29) is 24.7 Å². The molecule has 0 amide bonds. The van der Waals surface area contributed by atoms with Crippen LogP contribution >= 0.6 is 0 Å². The molecule has 3 N–H and O–H groups in total. The third-order valence-electron chi connectivity index (χ3n) is 8.24. The first-order valence-electron chi connectivity index (χ1n) is 16.2. The molecule has 0 aliphatic carbocycles. The number of fused-ring (bicyclic) bond motifs is 1. The Morgan fingerprint density at radius 3 is 1.61 bits per heavy atom. The summed E-state index contributed by atoms with van der Waals surface area (Å²) in [6.45, 7) is -0.680. The molecular weight excluding hydrogens is 644 g/mol. The summed E-state index contributed by atoms with van der Waals surface area (Å²) in [4.78, 5) is 0. The van der Waals surface area contributed by atoms with Crippen LogP contribution in [0.4, 0.5) is 34.1 Å². The average Bonchev–Trinajstić information content (AvgIpc) is 3.18. The van der Waals surface area contributed by atoms with Crippen molar-refractivity contribution < 1.29 is 24.8 Å². The van der Waals surface area contributed by atoms with E-state index in [1.807, 2.05) is 66.7 Å². The average molecular weight is 681 g/mol. The van der Waals surface area contributed by atoms with Crippen molar-refractivity contribution in [2.45, 2.75) is 26.1 Å². The van der Waals surface area contributed by atoms with E-state index in [9.17, 15) is 15.3 Å². The normalized spacial score (nSPS) is 11.7. The monoisotopic (exact) mass is 680 g/mol. The van der Waals surface area contributed by atoms with Crippen molar-refractivity contribution in [3.63, 3.8) is 0 Å². The van der Waals surface area contributed by atoms with Crippen LogP contribution in [-0.2, 0) is 26.1 Å². The van der Waals surface area contributed by atoms with E-state index in [1.165, 1.54) is 25.3 Å². The molecule has 6 rings (SSSR count). The molecule has 0 aliphatic heterocycles. The lowest BCUT2D eigenvalue weighted by Crippen LogP contribution is -1.91. The standard InChI is InChI=1S/C40H36N6O5/c1-50-38-22-34(43-41-31-11-7-4-8-12-31)29(24-47)20-37(38)46-44-35-23-39(51-2)36(21-30(35)25-48)45-42-33-18-16-28-19-27(15-17-32(28)40(33)49)14-13-26-9-5-3-6-10-26/h3-12,15-23,47-49H,13-14,24-25H2,1-2H3. The summed E-state index contributed by atoms with van der Waals surface area (Å²) in [5, 5.41) is 58.8. The Balaban J connectivity index is 1.23. The minimum atomic E-state index is -0.369. The zero-order valence-electron chi connectivity index (χ0n) is 28.1. The number of azo groups is 3. The van der Waals surface area contributed by atoms with Crippen LogP contribution in [0.15, 0.2) is 146 Å². The second-order valence-corrected chi connectivity index (χ2v) is 11.5. The first kappa shape index (κ1) is 34.6. The van der Waals surface area contributed by atoms with Crippen molar-refractivity contribution in [1.82, 2.24) is 0 Å². The Kier molecular flexibility index (Phi) is 11.1. The number of rotatable bonds is 13. The Morgan fingerprint density at radius 1 is 0.490 bits per heavy atom. The lowest BCUT2D eigenvalue weighted by molar-refractivity contribution is 0.282. The maximum atomic E-state index is 11.1. The molecule has 0 saturated carbocycles. The number of aliphatic hydroxyl groups excluding tert-OH is 2. The van der Waals surface area contributed by atoms with Crippen molar-refractivity contribution >= 4 is 44.9 Å². The number of aryl methyl sites for hydroxylation is 2. The number of hydrogen-bond donors (Lipinski definition) is 3. The fraction of sp³-hybridized carbons (Fsp3) is 0.150. The summed E-state index contributed by atoms with van der Waals surface area (Å²) in [6, 6.07) is 35.6. The number of aliphatic hydroxyl groups is 2. The van der Waals surface area contributed by atoms with Crippen LogP contribution in [0.3, 0.4) is 0 Å². The number of phenolic OH excluding ortho intramolecular Hbond substituents is 1. The molecule has 0 aliphatic rings. The number of ether oxygens (including phenoxy) is 2. The molecular formula is C40H36N6O5. The smallest absolute Gasteiger partial charge is 0.150 e. The van der Waals surface area contributed by atoms with Crippen molar-refractivity contribution in [2.24, 2.45) is 30.7 Å². The van der Waals surface area contributed by atoms with Gasteiger partial charge in [0.25, 0.3) is 0 Å². The Bertz CT molecular complexity index is 2220. The van der Waals surface area contributed by atoms with Gasteiger partial charge in [-0.1, -0.05) is 72.8 Å². The number of methoxy groups -OCH3 is 2. The Morgan fingerprint density at radius 2 is 1.02 bits per heavy atom. The highest BCUT2D eigenvalue weighted by Crippen LogP contribution is 2.41. The summed E-state index contributed by atoms with van der Waals surface area (Å²) < 4.78 is 11.1. The molecule has 6 aromatic rings. The van der Waals surface area contributed by atoms with Crippen LogP contribution in [0.25, 0.3) is 10.8 Å². The number of benzene rings is 6. The molecule has 0 heterocycles. The van der Waals surface area contributed by atoms with Crippen LogP contribution in [0.1, 0.15) is 22.3 Å². The van der Waals surface area contributed by atoms with Crippen LogP contribution in [0, 0.1) is 0 Å². The van der Waals surface area contributed by atoms with E-state index in [4.69, 9.17) is 9.47 Å². The molecule has 256 valence electrons. The van der Waals surface area contributed by atoms with Crippen LogP contribution in [0.2, 0.25) is 0 Å². The summed E-state index contributed by atoms with van der Waals surface area (Å²) in [5.74, 6) is 0.703. The predicted molar refractivity (Wildman–Crippen MR) is 196 cm³/mol. The van der Waals surface area contributed by atoms with Crippen molar-refractivity contribution in [3.05, 3.63) is 138 Å². The summed E-state index contributed by atoms with van der Waals surface area (Å²) >= 11 is 0. The quantitative estimate of drug-likeness (QED) is 0.104. The van der Waals surface area contributed by atoms with Gasteiger partial charge in [-0.15, -0.1) is 20.5 Å². The van der Waals surface area contributed by atoms with Crippen LogP contribution in [-0.4, -0.2) is 29.5 Å². The topological polar surface area (TPSA) is 153 Å². The molecule has 11 heteroatoms. The van der Waals surface area contributed by atoms with E-state index in [1.54, 1.807) is 30.3 Å². The molecule has 51 heavy (non-hydrogen) atoms.